The molecule has 4 heteroatoms. The van der Waals surface area contributed by atoms with E-state index in [2.05, 4.69) is 5.48 Å². The van der Waals surface area contributed by atoms with Gasteiger partial charge in [0.1, 0.15) is 0 Å². The Morgan fingerprint density at radius 3 is 2.20 bits per heavy atom. The minimum Gasteiger partial charge on any atom is -0.493 e. The molecule has 0 bridgehead atoms. The van der Waals surface area contributed by atoms with Crippen LogP contribution in [0.25, 0.3) is 0 Å². The third-order valence-corrected chi connectivity index (χ3v) is 2.41. The predicted octanol–water partition coefficient (Wildman–Crippen LogP) is 1.80. The average Bonchev–Trinajstić information content (AvgIpc) is 2.21. The first kappa shape index (κ1) is 11.8. The lowest BCUT2D eigenvalue weighted by molar-refractivity contribution is 0.159. The van der Waals surface area contributed by atoms with E-state index in [4.69, 9.17) is 14.7 Å². The lowest BCUT2D eigenvalue weighted by Gasteiger charge is -2.16. The molecule has 0 heterocycles. The number of methoxy groups -OCH3 is 2. The van der Waals surface area contributed by atoms with Gasteiger partial charge in [0.05, 0.1) is 14.2 Å². The van der Waals surface area contributed by atoms with Gasteiger partial charge in [-0.1, -0.05) is 6.07 Å². The molecule has 4 nitrogen and oxygen atoms in total. The van der Waals surface area contributed by atoms with Crippen LogP contribution in [-0.4, -0.2) is 19.4 Å². The zero-order valence-electron chi connectivity index (χ0n) is 9.55. The van der Waals surface area contributed by atoms with Gasteiger partial charge in [-0.05, 0) is 25.0 Å². The summed E-state index contributed by atoms with van der Waals surface area (Å²) in [5.74, 6) is 1.39. The van der Waals surface area contributed by atoms with Crippen LogP contribution in [-0.2, 0) is 6.54 Å². The number of hydrogen-bond acceptors (Lipinski definition) is 4. The second-order valence-corrected chi connectivity index (χ2v) is 3.39. The van der Waals surface area contributed by atoms with E-state index in [1.165, 1.54) is 0 Å². The van der Waals surface area contributed by atoms with Gasteiger partial charge in [-0.25, -0.2) is 5.48 Å². The second kappa shape index (κ2) is 5.00. The van der Waals surface area contributed by atoms with Crippen LogP contribution in [0.4, 0.5) is 0 Å². The maximum atomic E-state index is 8.75. The van der Waals surface area contributed by atoms with E-state index in [1.54, 1.807) is 14.2 Å². The Morgan fingerprint density at radius 1 is 1.13 bits per heavy atom. The number of ether oxygens (including phenoxy) is 2. The Balaban J connectivity index is 3.35. The molecule has 0 unspecified atom stereocenters. The summed E-state index contributed by atoms with van der Waals surface area (Å²) < 4.78 is 10.6. The predicted molar refractivity (Wildman–Crippen MR) is 57.6 cm³/mol. The van der Waals surface area contributed by atoms with Crippen molar-refractivity contribution in [1.29, 1.82) is 0 Å². The van der Waals surface area contributed by atoms with Crippen molar-refractivity contribution in [1.82, 2.24) is 5.48 Å². The first-order valence-electron chi connectivity index (χ1n) is 4.73. The lowest BCUT2D eigenvalue weighted by Crippen LogP contribution is -2.10. The number of hydrogen-bond donors (Lipinski definition) is 2. The van der Waals surface area contributed by atoms with Gasteiger partial charge in [-0.15, -0.1) is 0 Å². The molecule has 84 valence electrons. The van der Waals surface area contributed by atoms with E-state index in [0.717, 1.165) is 16.7 Å². The Morgan fingerprint density at radius 2 is 1.73 bits per heavy atom. The van der Waals surface area contributed by atoms with E-state index in [9.17, 15) is 0 Å². The fourth-order valence-electron chi connectivity index (χ4n) is 1.74. The molecule has 1 aromatic rings. The molecule has 0 fully saturated rings. The Bertz CT molecular complexity index is 350. The van der Waals surface area contributed by atoms with Gasteiger partial charge in [0.15, 0.2) is 11.5 Å². The molecule has 15 heavy (non-hydrogen) atoms. The summed E-state index contributed by atoms with van der Waals surface area (Å²) in [5, 5.41) is 8.75. The fraction of sp³-hybridized carbons (Fsp3) is 0.455. The molecule has 1 rings (SSSR count). The molecule has 0 atom stereocenters. The summed E-state index contributed by atoms with van der Waals surface area (Å²) in [6.45, 7) is 4.28. The van der Waals surface area contributed by atoms with E-state index in [0.29, 0.717) is 18.0 Å². The summed E-state index contributed by atoms with van der Waals surface area (Å²) in [4.78, 5) is 0. The van der Waals surface area contributed by atoms with Crippen LogP contribution in [0.3, 0.4) is 0 Å². The Labute approximate surface area is 89.8 Å². The van der Waals surface area contributed by atoms with Crippen molar-refractivity contribution in [3.8, 4) is 11.5 Å². The SMILES string of the molecule is COc1c(C)cc(C)c(CNO)c1OC. The molecule has 0 aliphatic carbocycles. The minimum atomic E-state index is 0.339. The third-order valence-electron chi connectivity index (χ3n) is 2.41. The topological polar surface area (TPSA) is 50.7 Å². The molecule has 0 saturated carbocycles. The van der Waals surface area contributed by atoms with Crippen molar-refractivity contribution in [2.24, 2.45) is 0 Å². The van der Waals surface area contributed by atoms with Crippen LogP contribution in [0, 0.1) is 13.8 Å². The van der Waals surface area contributed by atoms with Crippen LogP contribution in [0.5, 0.6) is 11.5 Å². The van der Waals surface area contributed by atoms with Crippen LogP contribution in [0.15, 0.2) is 6.07 Å². The third kappa shape index (κ3) is 2.22. The van der Waals surface area contributed by atoms with Gasteiger partial charge in [0.25, 0.3) is 0 Å². The summed E-state index contributed by atoms with van der Waals surface area (Å²) >= 11 is 0. The molecule has 1 aromatic carbocycles. The summed E-state index contributed by atoms with van der Waals surface area (Å²) in [6.07, 6.45) is 0. The molecule has 0 radical (unpaired) electrons. The van der Waals surface area contributed by atoms with Gasteiger partial charge in [-0.3, -0.25) is 0 Å². The Hall–Kier alpha value is -1.26. The van der Waals surface area contributed by atoms with Crippen LogP contribution < -0.4 is 15.0 Å². The molecule has 0 aliphatic rings. The van der Waals surface area contributed by atoms with Crippen molar-refractivity contribution < 1.29 is 14.7 Å². The highest BCUT2D eigenvalue weighted by Gasteiger charge is 2.15. The molecule has 0 spiro atoms. The van der Waals surface area contributed by atoms with Crippen LogP contribution >= 0.6 is 0 Å². The van der Waals surface area contributed by atoms with Crippen molar-refractivity contribution >= 4 is 0 Å². The van der Waals surface area contributed by atoms with E-state index < -0.39 is 0 Å². The van der Waals surface area contributed by atoms with Crippen LogP contribution in [0.2, 0.25) is 0 Å². The summed E-state index contributed by atoms with van der Waals surface area (Å²) in [7, 11) is 3.20. The molecule has 2 N–H and O–H groups in total. The van der Waals surface area contributed by atoms with Crippen LogP contribution in [0.1, 0.15) is 16.7 Å². The fourth-order valence-corrected chi connectivity index (χ4v) is 1.74. The normalized spacial score (nSPS) is 10.2. The number of rotatable bonds is 4. The quantitative estimate of drug-likeness (QED) is 0.746. The van der Waals surface area contributed by atoms with Gasteiger partial charge >= 0.3 is 0 Å². The van der Waals surface area contributed by atoms with Gasteiger partial charge in [0.2, 0.25) is 0 Å². The number of benzene rings is 1. The zero-order chi connectivity index (χ0) is 11.4. The molecular formula is C11H17NO3. The molecular weight excluding hydrogens is 194 g/mol. The number of hydroxylamine groups is 1. The monoisotopic (exact) mass is 211 g/mol. The van der Waals surface area contributed by atoms with Crippen molar-refractivity contribution in [2.75, 3.05) is 14.2 Å². The molecule has 0 saturated heterocycles. The molecule has 0 amide bonds. The lowest BCUT2D eigenvalue weighted by atomic mass is 10.0. The summed E-state index contributed by atoms with van der Waals surface area (Å²) in [6, 6.07) is 2.01. The highest BCUT2D eigenvalue weighted by molar-refractivity contribution is 5.54. The van der Waals surface area contributed by atoms with Gasteiger partial charge in [0, 0.05) is 12.1 Å². The van der Waals surface area contributed by atoms with E-state index in [-0.39, 0.29) is 0 Å². The minimum absolute atomic E-state index is 0.339. The highest BCUT2D eigenvalue weighted by atomic mass is 16.5. The van der Waals surface area contributed by atoms with Crippen molar-refractivity contribution in [2.45, 2.75) is 20.4 Å². The highest BCUT2D eigenvalue weighted by Crippen LogP contribution is 2.36. The zero-order valence-corrected chi connectivity index (χ0v) is 9.55. The Kier molecular flexibility index (Phi) is 3.94. The molecule has 0 aliphatic heterocycles. The maximum Gasteiger partial charge on any atom is 0.165 e. The first-order chi connectivity index (χ1) is 7.15. The summed E-state index contributed by atoms with van der Waals surface area (Å²) in [5.41, 5.74) is 5.12. The van der Waals surface area contributed by atoms with Crippen molar-refractivity contribution in [3.63, 3.8) is 0 Å². The average molecular weight is 211 g/mol. The van der Waals surface area contributed by atoms with E-state index >= 15 is 0 Å². The second-order valence-electron chi connectivity index (χ2n) is 3.39. The smallest absolute Gasteiger partial charge is 0.165 e. The van der Waals surface area contributed by atoms with Gasteiger partial charge < -0.3 is 14.7 Å². The first-order valence-corrected chi connectivity index (χ1v) is 4.73. The standard InChI is InChI=1S/C11H17NO3/c1-7-5-8(2)10(14-3)11(15-4)9(7)6-12-13/h5,12-13H,6H2,1-4H3. The maximum absolute atomic E-state index is 8.75. The number of aryl methyl sites for hydroxylation is 2. The largest absolute Gasteiger partial charge is 0.493 e. The van der Waals surface area contributed by atoms with Crippen molar-refractivity contribution in [3.05, 3.63) is 22.8 Å². The molecule has 0 aromatic heterocycles. The van der Waals surface area contributed by atoms with E-state index in [1.807, 2.05) is 19.9 Å². The van der Waals surface area contributed by atoms with Gasteiger partial charge in [-0.2, -0.15) is 0 Å². The number of nitrogens with one attached hydrogen (secondary N) is 1.